The molecule has 2 bridgehead atoms. The van der Waals surface area contributed by atoms with Crippen molar-refractivity contribution in [2.24, 2.45) is 0 Å². The van der Waals surface area contributed by atoms with Gasteiger partial charge in [-0.25, -0.2) is 0 Å². The lowest BCUT2D eigenvalue weighted by molar-refractivity contribution is 0.213. The van der Waals surface area contributed by atoms with Gasteiger partial charge >= 0.3 is 0 Å². The third-order valence-corrected chi connectivity index (χ3v) is 4.18. The molecule has 1 aliphatic carbocycles. The Morgan fingerprint density at radius 2 is 2.07 bits per heavy atom. The van der Waals surface area contributed by atoms with Crippen LogP contribution in [-0.4, -0.2) is 24.5 Å². The average Bonchev–Trinajstić information content (AvgIpc) is 2.52. The normalized spacial score (nSPS) is 29.2. The van der Waals surface area contributed by atoms with E-state index in [0.717, 1.165) is 11.8 Å². The van der Waals surface area contributed by atoms with Crippen LogP contribution in [0, 0.1) is 6.92 Å². The molecule has 15 heavy (non-hydrogen) atoms. The van der Waals surface area contributed by atoms with Crippen molar-refractivity contribution >= 4 is 0 Å². The quantitative estimate of drug-likeness (QED) is 0.675. The summed E-state index contributed by atoms with van der Waals surface area (Å²) in [6.45, 7) is 8.33. The number of benzene rings is 1. The molecule has 0 radical (unpaired) electrons. The Balaban J connectivity index is 2.04. The largest absolute Gasteiger partial charge is 0.302 e. The minimum absolute atomic E-state index is 0.818. The number of likely N-dealkylation sites (tertiary alicyclic amines) is 1. The van der Waals surface area contributed by atoms with Crippen molar-refractivity contribution in [3.05, 3.63) is 34.9 Å². The van der Waals surface area contributed by atoms with Crippen molar-refractivity contribution < 1.29 is 0 Å². The van der Waals surface area contributed by atoms with E-state index in [2.05, 4.69) is 36.9 Å². The van der Waals surface area contributed by atoms with E-state index in [4.69, 9.17) is 0 Å². The first-order valence-electron chi connectivity index (χ1n) is 6.11. The van der Waals surface area contributed by atoms with E-state index in [-0.39, 0.29) is 0 Å². The van der Waals surface area contributed by atoms with Gasteiger partial charge in [-0.15, -0.1) is 0 Å². The Hall–Kier alpha value is -0.820. The molecule has 0 spiro atoms. The van der Waals surface area contributed by atoms with Crippen LogP contribution in [0.5, 0.6) is 0 Å². The molecule has 1 heterocycles. The second-order valence-corrected chi connectivity index (χ2v) is 5.06. The SMILES string of the molecule is CCN1CC2CC(C1)c1c(C)cccc12. The maximum absolute atomic E-state index is 2.61. The fourth-order valence-electron chi connectivity index (χ4n) is 3.50. The highest BCUT2D eigenvalue weighted by Gasteiger charge is 2.37. The summed E-state index contributed by atoms with van der Waals surface area (Å²) in [7, 11) is 0. The lowest BCUT2D eigenvalue weighted by Crippen LogP contribution is -2.34. The second-order valence-electron chi connectivity index (χ2n) is 5.06. The number of hydrogen-bond acceptors (Lipinski definition) is 1. The molecule has 1 saturated heterocycles. The van der Waals surface area contributed by atoms with Gasteiger partial charge in [0.05, 0.1) is 0 Å². The number of fused-ring (bicyclic) bond motifs is 5. The van der Waals surface area contributed by atoms with E-state index in [1.54, 1.807) is 11.1 Å². The zero-order chi connectivity index (χ0) is 10.4. The van der Waals surface area contributed by atoms with Gasteiger partial charge < -0.3 is 4.90 Å². The predicted octanol–water partition coefficient (Wildman–Crippen LogP) is 2.90. The van der Waals surface area contributed by atoms with Gasteiger partial charge in [0, 0.05) is 13.1 Å². The molecule has 2 unspecified atom stereocenters. The first kappa shape index (κ1) is 9.41. The molecule has 1 heteroatoms. The number of piperidine rings is 1. The van der Waals surface area contributed by atoms with Gasteiger partial charge in [-0.3, -0.25) is 0 Å². The highest BCUT2D eigenvalue weighted by molar-refractivity contribution is 5.45. The Labute approximate surface area is 92.1 Å². The van der Waals surface area contributed by atoms with Gasteiger partial charge in [-0.2, -0.15) is 0 Å². The van der Waals surface area contributed by atoms with E-state index >= 15 is 0 Å². The summed E-state index contributed by atoms with van der Waals surface area (Å²) in [4.78, 5) is 2.61. The summed E-state index contributed by atoms with van der Waals surface area (Å²) in [5.41, 5.74) is 4.84. The van der Waals surface area contributed by atoms with Crippen molar-refractivity contribution in [1.29, 1.82) is 0 Å². The zero-order valence-corrected chi connectivity index (χ0v) is 9.66. The van der Waals surface area contributed by atoms with Crippen LogP contribution in [0.2, 0.25) is 0 Å². The van der Waals surface area contributed by atoms with Gasteiger partial charge in [0.1, 0.15) is 0 Å². The molecule has 1 aromatic rings. The van der Waals surface area contributed by atoms with Crippen molar-refractivity contribution in [2.45, 2.75) is 32.1 Å². The summed E-state index contributed by atoms with van der Waals surface area (Å²) >= 11 is 0. The topological polar surface area (TPSA) is 3.24 Å². The van der Waals surface area contributed by atoms with Gasteiger partial charge in [0.25, 0.3) is 0 Å². The predicted molar refractivity (Wildman–Crippen MR) is 63.4 cm³/mol. The Morgan fingerprint density at radius 3 is 2.87 bits per heavy atom. The summed E-state index contributed by atoms with van der Waals surface area (Å²) in [6, 6.07) is 6.85. The average molecular weight is 201 g/mol. The van der Waals surface area contributed by atoms with Gasteiger partial charge in [0.15, 0.2) is 0 Å². The first-order valence-corrected chi connectivity index (χ1v) is 6.11. The van der Waals surface area contributed by atoms with Crippen molar-refractivity contribution in [3.63, 3.8) is 0 Å². The van der Waals surface area contributed by atoms with Crippen LogP contribution in [0.3, 0.4) is 0 Å². The van der Waals surface area contributed by atoms with E-state index in [1.165, 1.54) is 31.6 Å². The van der Waals surface area contributed by atoms with Crippen molar-refractivity contribution in [3.8, 4) is 0 Å². The molecule has 2 aliphatic rings. The number of rotatable bonds is 1. The van der Waals surface area contributed by atoms with Gasteiger partial charge in [0.2, 0.25) is 0 Å². The standard InChI is InChI=1S/C14H19N/c1-3-15-8-11-7-12(9-15)14-10(2)5-4-6-13(11)14/h4-6,11-12H,3,7-9H2,1-2H3. The molecular weight excluding hydrogens is 182 g/mol. The maximum Gasteiger partial charge on any atom is 0.00508 e. The molecular formula is C14H19N. The fraction of sp³-hybridized carbons (Fsp3) is 0.571. The number of likely N-dealkylation sites (N-methyl/N-ethyl adjacent to an activating group) is 1. The second kappa shape index (κ2) is 3.34. The third-order valence-electron chi connectivity index (χ3n) is 4.18. The molecule has 1 aromatic carbocycles. The van der Waals surface area contributed by atoms with Crippen LogP contribution >= 0.6 is 0 Å². The smallest absolute Gasteiger partial charge is 0.00508 e. The fourth-order valence-corrected chi connectivity index (χ4v) is 3.50. The third kappa shape index (κ3) is 1.33. The van der Waals surface area contributed by atoms with Crippen molar-refractivity contribution in [1.82, 2.24) is 4.90 Å². The lowest BCUT2D eigenvalue weighted by Gasteiger charge is -2.31. The maximum atomic E-state index is 2.61. The monoisotopic (exact) mass is 201 g/mol. The Bertz CT molecular complexity index is 383. The molecule has 1 aliphatic heterocycles. The van der Waals surface area contributed by atoms with Gasteiger partial charge in [-0.05, 0) is 48.4 Å². The highest BCUT2D eigenvalue weighted by atomic mass is 15.1. The lowest BCUT2D eigenvalue weighted by atomic mass is 9.95. The summed E-state index contributed by atoms with van der Waals surface area (Å²) < 4.78 is 0. The van der Waals surface area contributed by atoms with Crippen LogP contribution in [0.25, 0.3) is 0 Å². The number of hydrogen-bond donors (Lipinski definition) is 0. The molecule has 0 aromatic heterocycles. The van der Waals surface area contributed by atoms with Crippen molar-refractivity contribution in [2.75, 3.05) is 19.6 Å². The summed E-state index contributed by atoms with van der Waals surface area (Å²) in [5, 5.41) is 0. The number of nitrogens with zero attached hydrogens (tertiary/aromatic N) is 1. The van der Waals surface area contributed by atoms with Crippen LogP contribution in [0.1, 0.15) is 41.9 Å². The van der Waals surface area contributed by atoms with E-state index in [9.17, 15) is 0 Å². The van der Waals surface area contributed by atoms with E-state index in [1.807, 2.05) is 0 Å². The minimum Gasteiger partial charge on any atom is -0.302 e. The minimum atomic E-state index is 0.818. The molecule has 80 valence electrons. The molecule has 0 saturated carbocycles. The summed E-state index contributed by atoms with van der Waals surface area (Å²) in [5.74, 6) is 1.64. The first-order chi connectivity index (χ1) is 7.29. The van der Waals surface area contributed by atoms with Crippen LogP contribution < -0.4 is 0 Å². The molecule has 1 fully saturated rings. The van der Waals surface area contributed by atoms with E-state index in [0.29, 0.717) is 0 Å². The Kier molecular flexibility index (Phi) is 2.10. The summed E-state index contributed by atoms with van der Waals surface area (Å²) in [6.07, 6.45) is 1.40. The molecule has 3 rings (SSSR count). The molecule has 2 atom stereocenters. The zero-order valence-electron chi connectivity index (χ0n) is 9.66. The van der Waals surface area contributed by atoms with Crippen LogP contribution in [-0.2, 0) is 0 Å². The number of aryl methyl sites for hydroxylation is 1. The Morgan fingerprint density at radius 1 is 1.27 bits per heavy atom. The molecule has 1 nitrogen and oxygen atoms in total. The molecule has 0 amide bonds. The van der Waals surface area contributed by atoms with Crippen LogP contribution in [0.15, 0.2) is 18.2 Å². The highest BCUT2D eigenvalue weighted by Crippen LogP contribution is 2.46. The van der Waals surface area contributed by atoms with Gasteiger partial charge in [-0.1, -0.05) is 25.1 Å². The van der Waals surface area contributed by atoms with E-state index < -0.39 is 0 Å². The molecule has 0 N–H and O–H groups in total. The van der Waals surface area contributed by atoms with Crippen LogP contribution in [0.4, 0.5) is 0 Å².